The fourth-order valence-corrected chi connectivity index (χ4v) is 3.07. The second-order valence-corrected chi connectivity index (χ2v) is 6.42. The summed E-state index contributed by atoms with van der Waals surface area (Å²) in [5.74, 6) is 1.85. The molecular formula is C20H26N2O2. The maximum Gasteiger partial charge on any atom is 0.119 e. The first kappa shape index (κ1) is 16.8. The molecule has 0 bridgehead atoms. The van der Waals surface area contributed by atoms with Crippen molar-refractivity contribution >= 4 is 0 Å². The minimum atomic E-state index is 0.232. The lowest BCUT2D eigenvalue weighted by Gasteiger charge is -2.28. The van der Waals surface area contributed by atoms with Gasteiger partial charge < -0.3 is 19.7 Å². The molecule has 1 N–H and O–H groups in total. The van der Waals surface area contributed by atoms with Gasteiger partial charge in [-0.15, -0.1) is 0 Å². The zero-order valence-electron chi connectivity index (χ0n) is 14.7. The summed E-state index contributed by atoms with van der Waals surface area (Å²) in [6.45, 7) is 2.61. The van der Waals surface area contributed by atoms with Crippen LogP contribution in [0.2, 0.25) is 0 Å². The predicted molar refractivity (Wildman–Crippen MR) is 97.0 cm³/mol. The van der Waals surface area contributed by atoms with Crippen LogP contribution < -0.4 is 14.8 Å². The molecule has 1 atom stereocenters. The quantitative estimate of drug-likeness (QED) is 0.885. The van der Waals surface area contributed by atoms with Gasteiger partial charge in [0.25, 0.3) is 0 Å². The average Bonchev–Trinajstić information content (AvgIpc) is 2.61. The molecule has 0 aromatic heterocycles. The fourth-order valence-electron chi connectivity index (χ4n) is 3.07. The van der Waals surface area contributed by atoms with Gasteiger partial charge in [-0.3, -0.25) is 0 Å². The van der Waals surface area contributed by atoms with Gasteiger partial charge in [0.2, 0.25) is 0 Å². The molecule has 128 valence electrons. The first-order chi connectivity index (χ1) is 11.7. The summed E-state index contributed by atoms with van der Waals surface area (Å²) in [5, 5.41) is 3.62. The van der Waals surface area contributed by atoms with E-state index in [-0.39, 0.29) is 6.04 Å². The van der Waals surface area contributed by atoms with E-state index in [0.29, 0.717) is 6.61 Å². The summed E-state index contributed by atoms with van der Waals surface area (Å²) in [4.78, 5) is 2.13. The Bertz CT molecular complexity index is 668. The van der Waals surface area contributed by atoms with Crippen molar-refractivity contribution in [3.05, 3.63) is 59.2 Å². The molecule has 1 unspecified atom stereocenters. The monoisotopic (exact) mass is 326 g/mol. The molecule has 3 rings (SSSR count). The van der Waals surface area contributed by atoms with Crippen LogP contribution in [0.3, 0.4) is 0 Å². The van der Waals surface area contributed by atoms with Crippen LogP contribution in [-0.4, -0.2) is 45.8 Å². The van der Waals surface area contributed by atoms with E-state index in [1.165, 1.54) is 16.7 Å². The van der Waals surface area contributed by atoms with Gasteiger partial charge in [0.1, 0.15) is 18.1 Å². The van der Waals surface area contributed by atoms with E-state index >= 15 is 0 Å². The predicted octanol–water partition coefficient (Wildman–Crippen LogP) is 2.87. The normalized spacial score (nSPS) is 16.8. The van der Waals surface area contributed by atoms with Gasteiger partial charge in [0.05, 0.1) is 13.2 Å². The van der Waals surface area contributed by atoms with Crippen LogP contribution in [0.5, 0.6) is 11.5 Å². The summed E-state index contributed by atoms with van der Waals surface area (Å²) in [5.41, 5.74) is 3.97. The second kappa shape index (κ2) is 7.69. The highest BCUT2D eigenvalue weighted by Gasteiger charge is 2.21. The molecule has 1 heterocycles. The number of rotatable bonds is 6. The van der Waals surface area contributed by atoms with Crippen LogP contribution in [0.4, 0.5) is 0 Å². The molecular weight excluding hydrogens is 300 g/mol. The fraction of sp³-hybridized carbons (Fsp3) is 0.400. The molecule has 1 aliphatic rings. The van der Waals surface area contributed by atoms with Crippen LogP contribution in [0.15, 0.2) is 42.5 Å². The van der Waals surface area contributed by atoms with Crippen molar-refractivity contribution in [2.75, 3.05) is 40.9 Å². The highest BCUT2D eigenvalue weighted by molar-refractivity contribution is 5.44. The Morgan fingerprint density at radius 1 is 1.08 bits per heavy atom. The Kier molecular flexibility index (Phi) is 5.38. The molecule has 0 fully saturated rings. The number of benzene rings is 2. The number of likely N-dealkylation sites (N-methyl/N-ethyl adjacent to an activating group) is 1. The Balaban J connectivity index is 1.77. The number of ether oxygens (including phenoxy) is 2. The highest BCUT2D eigenvalue weighted by Crippen LogP contribution is 2.31. The van der Waals surface area contributed by atoms with Gasteiger partial charge in [-0.25, -0.2) is 0 Å². The van der Waals surface area contributed by atoms with E-state index in [4.69, 9.17) is 9.47 Å². The molecule has 4 heteroatoms. The number of methoxy groups -OCH3 is 1. The molecule has 24 heavy (non-hydrogen) atoms. The topological polar surface area (TPSA) is 33.7 Å². The lowest BCUT2D eigenvalue weighted by molar-refractivity contribution is 0.261. The Morgan fingerprint density at radius 2 is 1.83 bits per heavy atom. The Labute approximate surface area is 144 Å². The number of hydrogen-bond acceptors (Lipinski definition) is 4. The lowest BCUT2D eigenvalue weighted by Crippen LogP contribution is -2.30. The van der Waals surface area contributed by atoms with E-state index < -0.39 is 0 Å². The van der Waals surface area contributed by atoms with Crippen molar-refractivity contribution in [2.24, 2.45) is 0 Å². The van der Waals surface area contributed by atoms with E-state index in [1.807, 2.05) is 12.1 Å². The van der Waals surface area contributed by atoms with Crippen LogP contribution in [0.1, 0.15) is 22.7 Å². The molecule has 2 aromatic rings. The third-order valence-electron chi connectivity index (χ3n) is 4.42. The molecule has 0 saturated carbocycles. The van der Waals surface area contributed by atoms with Crippen molar-refractivity contribution in [1.29, 1.82) is 0 Å². The molecule has 0 radical (unpaired) electrons. The first-order valence-corrected chi connectivity index (χ1v) is 8.45. The van der Waals surface area contributed by atoms with Crippen molar-refractivity contribution < 1.29 is 9.47 Å². The maximum absolute atomic E-state index is 5.88. The van der Waals surface area contributed by atoms with Crippen molar-refractivity contribution in [3.8, 4) is 11.5 Å². The standard InChI is InChI=1S/C20H26N2O2/c1-22(2)12-13-24-18-8-9-19-16(14-18)10-11-21-20(19)15-4-6-17(23-3)7-5-15/h4-9,14,20-21H,10-13H2,1-3H3. The number of nitrogens with one attached hydrogen (secondary N) is 1. The Hall–Kier alpha value is -2.04. The van der Waals surface area contributed by atoms with Crippen molar-refractivity contribution in [1.82, 2.24) is 10.2 Å². The van der Waals surface area contributed by atoms with Crippen molar-refractivity contribution in [3.63, 3.8) is 0 Å². The third-order valence-corrected chi connectivity index (χ3v) is 4.42. The van der Waals surface area contributed by atoms with Gasteiger partial charge in [-0.2, -0.15) is 0 Å². The molecule has 4 nitrogen and oxygen atoms in total. The lowest BCUT2D eigenvalue weighted by atomic mass is 9.90. The number of fused-ring (bicyclic) bond motifs is 1. The zero-order chi connectivity index (χ0) is 16.9. The zero-order valence-corrected chi connectivity index (χ0v) is 14.7. The van der Waals surface area contributed by atoms with Gasteiger partial charge in [0, 0.05) is 13.1 Å². The maximum atomic E-state index is 5.88. The smallest absolute Gasteiger partial charge is 0.119 e. The van der Waals surface area contributed by atoms with E-state index in [0.717, 1.165) is 31.0 Å². The van der Waals surface area contributed by atoms with Crippen LogP contribution in [-0.2, 0) is 6.42 Å². The second-order valence-electron chi connectivity index (χ2n) is 6.42. The summed E-state index contributed by atoms with van der Waals surface area (Å²) in [6, 6.07) is 15.0. The molecule has 0 aliphatic carbocycles. The summed E-state index contributed by atoms with van der Waals surface area (Å²) < 4.78 is 11.1. The van der Waals surface area contributed by atoms with E-state index in [2.05, 4.69) is 54.6 Å². The SMILES string of the molecule is COc1ccc(C2NCCc3cc(OCCN(C)C)ccc32)cc1. The summed E-state index contributed by atoms with van der Waals surface area (Å²) in [7, 11) is 5.81. The van der Waals surface area contributed by atoms with Gasteiger partial charge >= 0.3 is 0 Å². The van der Waals surface area contributed by atoms with Crippen LogP contribution in [0, 0.1) is 0 Å². The Morgan fingerprint density at radius 3 is 2.54 bits per heavy atom. The molecule has 0 saturated heterocycles. The van der Waals surface area contributed by atoms with Crippen LogP contribution >= 0.6 is 0 Å². The molecule has 2 aromatic carbocycles. The van der Waals surface area contributed by atoms with E-state index in [1.54, 1.807) is 7.11 Å². The van der Waals surface area contributed by atoms with Crippen molar-refractivity contribution in [2.45, 2.75) is 12.5 Å². The van der Waals surface area contributed by atoms with Gasteiger partial charge in [-0.05, 0) is 61.5 Å². The third kappa shape index (κ3) is 3.89. The van der Waals surface area contributed by atoms with Gasteiger partial charge in [-0.1, -0.05) is 18.2 Å². The molecule has 1 aliphatic heterocycles. The minimum absolute atomic E-state index is 0.232. The summed E-state index contributed by atoms with van der Waals surface area (Å²) >= 11 is 0. The minimum Gasteiger partial charge on any atom is -0.497 e. The molecule has 0 spiro atoms. The molecule has 0 amide bonds. The van der Waals surface area contributed by atoms with Gasteiger partial charge in [0.15, 0.2) is 0 Å². The number of hydrogen-bond donors (Lipinski definition) is 1. The highest BCUT2D eigenvalue weighted by atomic mass is 16.5. The van der Waals surface area contributed by atoms with Crippen LogP contribution in [0.25, 0.3) is 0 Å². The van der Waals surface area contributed by atoms with E-state index in [9.17, 15) is 0 Å². The number of nitrogens with zero attached hydrogens (tertiary/aromatic N) is 1. The first-order valence-electron chi connectivity index (χ1n) is 8.45. The summed E-state index contributed by atoms with van der Waals surface area (Å²) in [6.07, 6.45) is 1.03. The average molecular weight is 326 g/mol. The largest absolute Gasteiger partial charge is 0.497 e.